The number of carboxylic acid groups (broad SMARTS) is 1. The first-order valence-electron chi connectivity index (χ1n) is 3.76. The van der Waals surface area contributed by atoms with Crippen molar-refractivity contribution in [3.63, 3.8) is 0 Å². The Hall–Kier alpha value is -1.12. The molecule has 0 fully saturated rings. The van der Waals surface area contributed by atoms with Crippen LogP contribution < -0.4 is 0 Å². The number of aromatic carboxylic acids is 1. The first-order chi connectivity index (χ1) is 6.20. The first kappa shape index (κ1) is 8.48. The number of rotatable bonds is 1. The molecule has 2 aromatic rings. The van der Waals surface area contributed by atoms with E-state index in [1.807, 2.05) is 17.2 Å². The fourth-order valence-electron chi connectivity index (χ4n) is 1.30. The van der Waals surface area contributed by atoms with Crippen LogP contribution >= 0.6 is 0 Å². The second-order valence-electron chi connectivity index (χ2n) is 2.76. The molecule has 3 nitrogen and oxygen atoms in total. The van der Waals surface area contributed by atoms with Gasteiger partial charge in [0.05, 0.1) is 0 Å². The number of fused-ring (bicyclic) bond motifs is 1. The molecular weight excluding hydrogens is 233 g/mol. The zero-order valence-corrected chi connectivity index (χ0v) is 8.66. The topological polar surface area (TPSA) is 50.2 Å². The van der Waals surface area contributed by atoms with Crippen LogP contribution in [-0.4, -0.2) is 30.6 Å². The van der Waals surface area contributed by atoms with Crippen LogP contribution in [0, 0.1) is 6.92 Å². The molecule has 0 spiro atoms. The molecule has 1 N–H and O–H groups in total. The third kappa shape index (κ3) is 1.28. The van der Waals surface area contributed by atoms with Crippen molar-refractivity contribution in [2.45, 2.75) is 6.92 Å². The number of benzene rings is 1. The molecule has 0 radical (unpaired) electrons. The first-order valence-corrected chi connectivity index (χ1v) is 5.61. The van der Waals surface area contributed by atoms with Crippen molar-refractivity contribution < 1.29 is 9.90 Å². The van der Waals surface area contributed by atoms with Gasteiger partial charge < -0.3 is 0 Å². The molecule has 1 aromatic carbocycles. The molecule has 0 atom stereocenters. The van der Waals surface area contributed by atoms with Gasteiger partial charge in [-0.05, 0) is 0 Å². The molecule has 2 rings (SSSR count). The Bertz CT molecular complexity index is 475. The molecule has 0 amide bonds. The van der Waals surface area contributed by atoms with Crippen LogP contribution in [0.5, 0.6) is 0 Å². The Balaban J connectivity index is 2.88. The van der Waals surface area contributed by atoms with E-state index < -0.39 is 5.97 Å². The van der Waals surface area contributed by atoms with Gasteiger partial charge >= 0.3 is 80.4 Å². The van der Waals surface area contributed by atoms with Gasteiger partial charge in [-0.3, -0.25) is 0 Å². The third-order valence-corrected chi connectivity index (χ3v) is 3.59. The van der Waals surface area contributed by atoms with Crippen molar-refractivity contribution >= 4 is 30.2 Å². The summed E-state index contributed by atoms with van der Waals surface area (Å²) in [4.78, 5) is 15.0. The van der Waals surface area contributed by atoms with Crippen molar-refractivity contribution in [2.75, 3.05) is 0 Å². The van der Waals surface area contributed by atoms with Gasteiger partial charge in [-0.2, -0.15) is 0 Å². The van der Waals surface area contributed by atoms with E-state index >= 15 is 0 Å². The standard InChI is InChI=1S/C9H7NO2Se/c1-5-2-3-6-8(10-4-13-6)7(5)9(11)12/h2-4H,1H3,(H,11,12). The number of aryl methyl sites for hydroxylation is 1. The molecule has 0 bridgehead atoms. The van der Waals surface area contributed by atoms with Crippen LogP contribution in [0.1, 0.15) is 15.9 Å². The van der Waals surface area contributed by atoms with Crippen LogP contribution in [0.2, 0.25) is 0 Å². The maximum atomic E-state index is 10.9. The van der Waals surface area contributed by atoms with Gasteiger partial charge in [-0.15, -0.1) is 0 Å². The van der Waals surface area contributed by atoms with Crippen LogP contribution in [0.3, 0.4) is 0 Å². The summed E-state index contributed by atoms with van der Waals surface area (Å²) < 4.78 is 1.07. The average Bonchev–Trinajstić information content (AvgIpc) is 2.50. The molecule has 0 aliphatic carbocycles. The van der Waals surface area contributed by atoms with Crippen molar-refractivity contribution in [2.24, 2.45) is 0 Å². The van der Waals surface area contributed by atoms with Gasteiger partial charge in [0, 0.05) is 0 Å². The van der Waals surface area contributed by atoms with Gasteiger partial charge in [0.2, 0.25) is 0 Å². The number of carbonyl (C=O) groups is 1. The predicted octanol–water partition coefficient (Wildman–Crippen LogP) is 1.30. The molecule has 1 heterocycles. The van der Waals surface area contributed by atoms with E-state index in [4.69, 9.17) is 5.11 Å². The SMILES string of the molecule is Cc1ccc2[se]cnc2c1C(=O)O. The molecule has 4 heteroatoms. The van der Waals surface area contributed by atoms with Gasteiger partial charge in [-0.1, -0.05) is 0 Å². The Morgan fingerprint density at radius 2 is 2.31 bits per heavy atom. The normalized spacial score (nSPS) is 10.5. The van der Waals surface area contributed by atoms with Crippen molar-refractivity contribution in [3.05, 3.63) is 28.3 Å². The molecule has 0 unspecified atom stereocenters. The Kier molecular flexibility index (Phi) is 1.94. The van der Waals surface area contributed by atoms with Gasteiger partial charge in [0.25, 0.3) is 0 Å². The molecular formula is C9H7NO2Se. The minimum absolute atomic E-state index is 0.216. The van der Waals surface area contributed by atoms with Crippen LogP contribution in [0.15, 0.2) is 17.2 Å². The van der Waals surface area contributed by atoms with Crippen LogP contribution in [0.25, 0.3) is 9.78 Å². The number of carboxylic acids is 1. The van der Waals surface area contributed by atoms with E-state index in [2.05, 4.69) is 4.98 Å². The summed E-state index contributed by atoms with van der Waals surface area (Å²) >= 11 is 0.216. The molecule has 66 valence electrons. The average molecular weight is 240 g/mol. The summed E-state index contributed by atoms with van der Waals surface area (Å²) in [6.07, 6.45) is 0. The Labute approximate surface area is 80.8 Å². The van der Waals surface area contributed by atoms with Gasteiger partial charge in [0.1, 0.15) is 0 Å². The monoisotopic (exact) mass is 241 g/mol. The predicted molar refractivity (Wildman–Crippen MR) is 50.4 cm³/mol. The fraction of sp³-hybridized carbons (Fsp3) is 0.111. The molecule has 1 aromatic heterocycles. The summed E-state index contributed by atoms with van der Waals surface area (Å²) in [7, 11) is 0. The van der Waals surface area contributed by atoms with Gasteiger partial charge in [-0.25, -0.2) is 0 Å². The Morgan fingerprint density at radius 3 is 3.00 bits per heavy atom. The number of hydrogen-bond donors (Lipinski definition) is 1. The summed E-state index contributed by atoms with van der Waals surface area (Å²) in [6.45, 7) is 1.80. The maximum absolute atomic E-state index is 10.9. The van der Waals surface area contributed by atoms with E-state index in [-0.39, 0.29) is 14.5 Å². The summed E-state index contributed by atoms with van der Waals surface area (Å²) in [5.74, 6) is -0.885. The van der Waals surface area contributed by atoms with E-state index in [0.29, 0.717) is 11.1 Å². The van der Waals surface area contributed by atoms with Crippen LogP contribution in [0.4, 0.5) is 0 Å². The second-order valence-corrected chi connectivity index (χ2v) is 4.62. The number of hydrogen-bond acceptors (Lipinski definition) is 2. The van der Waals surface area contributed by atoms with Crippen LogP contribution in [-0.2, 0) is 0 Å². The summed E-state index contributed by atoms with van der Waals surface area (Å²) in [5.41, 5.74) is 1.79. The zero-order chi connectivity index (χ0) is 9.42. The molecule has 0 aliphatic heterocycles. The van der Waals surface area contributed by atoms with E-state index in [9.17, 15) is 4.79 Å². The number of nitrogens with zero attached hydrogens (tertiary/aromatic N) is 1. The van der Waals surface area contributed by atoms with Crippen molar-refractivity contribution in [3.8, 4) is 0 Å². The molecule has 0 saturated heterocycles. The van der Waals surface area contributed by atoms with E-state index in [1.165, 1.54) is 0 Å². The summed E-state index contributed by atoms with van der Waals surface area (Å²) in [5, 5.41) is 10.8. The third-order valence-electron chi connectivity index (χ3n) is 1.92. The molecule has 13 heavy (non-hydrogen) atoms. The Morgan fingerprint density at radius 1 is 1.54 bits per heavy atom. The summed E-state index contributed by atoms with van der Waals surface area (Å²) in [6, 6.07) is 3.81. The van der Waals surface area contributed by atoms with Crippen molar-refractivity contribution in [1.29, 1.82) is 0 Å². The van der Waals surface area contributed by atoms with Gasteiger partial charge in [0.15, 0.2) is 0 Å². The minimum atomic E-state index is -0.885. The quantitative estimate of drug-likeness (QED) is 0.764. The second kappa shape index (κ2) is 2.98. The van der Waals surface area contributed by atoms with E-state index in [1.54, 1.807) is 6.92 Å². The molecule has 0 aliphatic rings. The van der Waals surface area contributed by atoms with E-state index in [0.717, 1.165) is 9.82 Å². The number of aromatic nitrogens is 1. The zero-order valence-electron chi connectivity index (χ0n) is 6.94. The van der Waals surface area contributed by atoms with Crippen molar-refractivity contribution in [1.82, 2.24) is 4.98 Å². The fourth-order valence-corrected chi connectivity index (χ4v) is 2.74. The molecule has 0 saturated carbocycles.